The molecule has 0 unspecified atom stereocenters. The van der Waals surface area contributed by atoms with E-state index in [0.717, 1.165) is 6.07 Å². The summed E-state index contributed by atoms with van der Waals surface area (Å²) >= 11 is 5.32. The Kier molecular flexibility index (Phi) is 3.36. The molecule has 0 radical (unpaired) electrons. The summed E-state index contributed by atoms with van der Waals surface area (Å²) in [6.07, 6.45) is 0. The maximum atomic E-state index is 13.1. The number of nitro groups is 1. The number of halogens is 2. The molecule has 1 aromatic carbocycles. The van der Waals surface area contributed by atoms with Crippen molar-refractivity contribution in [3.63, 3.8) is 0 Å². The molecule has 0 fully saturated rings. The van der Waals surface area contributed by atoms with Crippen LogP contribution in [0.1, 0.15) is 15.9 Å². The second-order valence-electron chi connectivity index (χ2n) is 2.88. The standard InChI is InChI=1S/C9H7ClFNO3/c1-5-6(8(13)4-10)2-3-7(11)9(5)12(14)15/h2-3H,4H2,1H3. The minimum atomic E-state index is -0.955. The van der Waals surface area contributed by atoms with Gasteiger partial charge in [-0.2, -0.15) is 4.39 Å². The molecule has 0 bridgehead atoms. The average molecular weight is 232 g/mol. The third-order valence-electron chi connectivity index (χ3n) is 1.99. The zero-order chi connectivity index (χ0) is 11.6. The number of alkyl halides is 1. The summed E-state index contributed by atoms with van der Waals surface area (Å²) in [6, 6.07) is 2.09. The van der Waals surface area contributed by atoms with Crippen molar-refractivity contribution in [1.82, 2.24) is 0 Å². The predicted molar refractivity (Wildman–Crippen MR) is 52.8 cm³/mol. The summed E-state index contributed by atoms with van der Waals surface area (Å²) in [5, 5.41) is 10.5. The van der Waals surface area contributed by atoms with Crippen LogP contribution in [0.2, 0.25) is 0 Å². The van der Waals surface area contributed by atoms with Crippen LogP contribution in [0.5, 0.6) is 0 Å². The second-order valence-corrected chi connectivity index (χ2v) is 3.15. The van der Waals surface area contributed by atoms with Crippen molar-refractivity contribution in [2.24, 2.45) is 0 Å². The Balaban J connectivity index is 3.41. The molecule has 0 aromatic heterocycles. The average Bonchev–Trinajstić information content (AvgIpc) is 2.16. The molecule has 0 heterocycles. The molecule has 15 heavy (non-hydrogen) atoms. The maximum Gasteiger partial charge on any atom is 0.308 e. The molecule has 1 rings (SSSR count). The number of rotatable bonds is 3. The van der Waals surface area contributed by atoms with Crippen LogP contribution >= 0.6 is 11.6 Å². The summed E-state index contributed by atoms with van der Waals surface area (Å²) in [6.45, 7) is 1.32. The lowest BCUT2D eigenvalue weighted by molar-refractivity contribution is -0.388. The zero-order valence-electron chi connectivity index (χ0n) is 7.79. The highest BCUT2D eigenvalue weighted by molar-refractivity contribution is 6.30. The van der Waals surface area contributed by atoms with Gasteiger partial charge in [-0.05, 0) is 19.1 Å². The first-order chi connectivity index (χ1) is 6.99. The molecule has 4 nitrogen and oxygen atoms in total. The summed E-state index contributed by atoms with van der Waals surface area (Å²) < 4.78 is 13.1. The highest BCUT2D eigenvalue weighted by atomic mass is 35.5. The number of carbonyl (C=O) groups is 1. The monoisotopic (exact) mass is 231 g/mol. The van der Waals surface area contributed by atoms with Crippen LogP contribution in [0.3, 0.4) is 0 Å². The molecule has 80 valence electrons. The van der Waals surface area contributed by atoms with Crippen molar-refractivity contribution in [2.45, 2.75) is 6.92 Å². The fourth-order valence-corrected chi connectivity index (χ4v) is 1.41. The third kappa shape index (κ3) is 2.12. The lowest BCUT2D eigenvalue weighted by Crippen LogP contribution is -2.06. The van der Waals surface area contributed by atoms with Crippen molar-refractivity contribution in [2.75, 3.05) is 5.88 Å². The lowest BCUT2D eigenvalue weighted by atomic mass is 10.0. The van der Waals surface area contributed by atoms with Gasteiger partial charge in [-0.3, -0.25) is 14.9 Å². The van der Waals surface area contributed by atoms with Gasteiger partial charge >= 0.3 is 5.69 Å². The van der Waals surface area contributed by atoms with E-state index in [0.29, 0.717) is 0 Å². The number of hydrogen-bond acceptors (Lipinski definition) is 3. The van der Waals surface area contributed by atoms with Gasteiger partial charge in [0.15, 0.2) is 5.78 Å². The molecule has 0 atom stereocenters. The number of ketones is 1. The smallest absolute Gasteiger partial charge is 0.293 e. The quantitative estimate of drug-likeness (QED) is 0.347. The van der Waals surface area contributed by atoms with Gasteiger partial charge in [0.1, 0.15) is 0 Å². The van der Waals surface area contributed by atoms with E-state index >= 15 is 0 Å². The summed E-state index contributed by atoms with van der Waals surface area (Å²) in [4.78, 5) is 20.9. The van der Waals surface area contributed by atoms with Gasteiger partial charge in [-0.25, -0.2) is 0 Å². The molecular weight excluding hydrogens is 225 g/mol. The molecule has 0 aliphatic rings. The van der Waals surface area contributed by atoms with Crippen LogP contribution in [0, 0.1) is 22.9 Å². The molecule has 6 heteroatoms. The predicted octanol–water partition coefficient (Wildman–Crippen LogP) is 2.46. The van der Waals surface area contributed by atoms with Gasteiger partial charge in [0, 0.05) is 11.1 Å². The Bertz CT molecular complexity index is 434. The highest BCUT2D eigenvalue weighted by Gasteiger charge is 2.22. The topological polar surface area (TPSA) is 60.2 Å². The largest absolute Gasteiger partial charge is 0.308 e. The first-order valence-electron chi connectivity index (χ1n) is 4.01. The van der Waals surface area contributed by atoms with Crippen molar-refractivity contribution in [1.29, 1.82) is 0 Å². The van der Waals surface area contributed by atoms with Gasteiger partial charge in [0.05, 0.1) is 10.8 Å². The second kappa shape index (κ2) is 4.35. The Morgan fingerprint density at radius 2 is 2.20 bits per heavy atom. The molecule has 0 amide bonds. The van der Waals surface area contributed by atoms with Gasteiger partial charge < -0.3 is 0 Å². The van der Waals surface area contributed by atoms with E-state index in [1.54, 1.807) is 0 Å². The molecule has 0 N–H and O–H groups in total. The van der Waals surface area contributed by atoms with Crippen LogP contribution in [0.15, 0.2) is 12.1 Å². The van der Waals surface area contributed by atoms with Gasteiger partial charge in [-0.15, -0.1) is 11.6 Å². The van der Waals surface area contributed by atoms with Gasteiger partial charge in [0.25, 0.3) is 0 Å². The van der Waals surface area contributed by atoms with E-state index in [4.69, 9.17) is 11.6 Å². The Morgan fingerprint density at radius 3 is 2.67 bits per heavy atom. The van der Waals surface area contributed by atoms with E-state index in [9.17, 15) is 19.3 Å². The molecule has 1 aromatic rings. The SMILES string of the molecule is Cc1c(C(=O)CCl)ccc(F)c1[N+](=O)[O-]. The third-order valence-corrected chi connectivity index (χ3v) is 2.23. The number of nitrogens with zero attached hydrogens (tertiary/aromatic N) is 1. The molecule has 0 spiro atoms. The molecular formula is C9H7ClFNO3. The first kappa shape index (κ1) is 11.6. The van der Waals surface area contributed by atoms with Crippen molar-refractivity contribution in [3.05, 3.63) is 39.2 Å². The van der Waals surface area contributed by atoms with E-state index < -0.39 is 22.2 Å². The van der Waals surface area contributed by atoms with Crippen molar-refractivity contribution in [3.8, 4) is 0 Å². The molecule has 0 saturated carbocycles. The molecule has 0 aliphatic heterocycles. The summed E-state index contributed by atoms with van der Waals surface area (Å²) in [5.41, 5.74) is -0.588. The fourth-order valence-electron chi connectivity index (χ4n) is 1.27. The Hall–Kier alpha value is -1.49. The van der Waals surface area contributed by atoms with Crippen LogP contribution in [-0.2, 0) is 0 Å². The minimum Gasteiger partial charge on any atom is -0.293 e. The Labute approximate surface area is 89.8 Å². The minimum absolute atomic E-state index is 0.00523. The van der Waals surface area contributed by atoms with Crippen molar-refractivity contribution < 1.29 is 14.1 Å². The normalized spacial score (nSPS) is 10.1. The van der Waals surface area contributed by atoms with E-state index in [1.165, 1.54) is 13.0 Å². The van der Waals surface area contributed by atoms with E-state index in [1.807, 2.05) is 0 Å². The first-order valence-corrected chi connectivity index (χ1v) is 4.55. The van der Waals surface area contributed by atoms with Gasteiger partial charge in [-0.1, -0.05) is 0 Å². The van der Waals surface area contributed by atoms with Crippen LogP contribution < -0.4 is 0 Å². The van der Waals surface area contributed by atoms with E-state index in [2.05, 4.69) is 0 Å². The summed E-state index contributed by atoms with van der Waals surface area (Å²) in [5.74, 6) is -1.70. The number of hydrogen-bond donors (Lipinski definition) is 0. The number of benzene rings is 1. The number of nitro benzene ring substituents is 1. The molecule has 0 aliphatic carbocycles. The van der Waals surface area contributed by atoms with E-state index in [-0.39, 0.29) is 17.0 Å². The lowest BCUT2D eigenvalue weighted by Gasteiger charge is -2.03. The van der Waals surface area contributed by atoms with Crippen LogP contribution in [0.4, 0.5) is 10.1 Å². The Morgan fingerprint density at radius 1 is 1.60 bits per heavy atom. The zero-order valence-corrected chi connectivity index (χ0v) is 8.55. The van der Waals surface area contributed by atoms with Crippen LogP contribution in [0.25, 0.3) is 0 Å². The summed E-state index contributed by atoms with van der Waals surface area (Å²) in [7, 11) is 0. The van der Waals surface area contributed by atoms with Crippen LogP contribution in [-0.4, -0.2) is 16.6 Å². The maximum absolute atomic E-state index is 13.1. The van der Waals surface area contributed by atoms with Crippen molar-refractivity contribution >= 4 is 23.1 Å². The number of Topliss-reactive ketones (excluding diaryl/α,β-unsaturated/α-hetero) is 1. The molecule has 0 saturated heterocycles. The van der Waals surface area contributed by atoms with Gasteiger partial charge in [0.2, 0.25) is 5.82 Å². The highest BCUT2D eigenvalue weighted by Crippen LogP contribution is 2.25. The fraction of sp³-hybridized carbons (Fsp3) is 0.222. The number of carbonyl (C=O) groups excluding carboxylic acids is 1.